The van der Waals surface area contributed by atoms with Gasteiger partial charge in [-0.1, -0.05) is 0 Å². The van der Waals surface area contributed by atoms with Crippen molar-refractivity contribution >= 4 is 18.1 Å². The summed E-state index contributed by atoms with van der Waals surface area (Å²) >= 11 is 5.13. The Labute approximate surface area is 139 Å². The molecule has 23 heavy (non-hydrogen) atoms. The van der Waals surface area contributed by atoms with Crippen LogP contribution in [0.4, 0.5) is 0 Å². The van der Waals surface area contributed by atoms with Gasteiger partial charge in [0, 0.05) is 12.1 Å². The maximum Gasteiger partial charge on any atom is 0.251 e. The fourth-order valence-corrected chi connectivity index (χ4v) is 2.72. The van der Waals surface area contributed by atoms with Crippen LogP contribution in [-0.4, -0.2) is 26.8 Å². The van der Waals surface area contributed by atoms with Gasteiger partial charge in [-0.25, -0.2) is 0 Å². The predicted octanol–water partition coefficient (Wildman–Crippen LogP) is 2.82. The lowest BCUT2D eigenvalue weighted by Gasteiger charge is -2.26. The van der Waals surface area contributed by atoms with Crippen LogP contribution in [0.15, 0.2) is 24.3 Å². The minimum Gasteiger partial charge on any atom is -0.490 e. The van der Waals surface area contributed by atoms with E-state index < -0.39 is 0 Å². The topological polar surface area (TPSA) is 71.9 Å². The van der Waals surface area contributed by atoms with Crippen LogP contribution in [-0.2, 0) is 13.1 Å². The predicted molar refractivity (Wildman–Crippen MR) is 89.0 cm³/mol. The monoisotopic (exact) mass is 332 g/mol. The first-order valence-electron chi connectivity index (χ1n) is 7.86. The van der Waals surface area contributed by atoms with E-state index in [4.69, 9.17) is 17.0 Å². The van der Waals surface area contributed by atoms with E-state index in [0.29, 0.717) is 29.5 Å². The van der Waals surface area contributed by atoms with E-state index in [1.54, 1.807) is 12.1 Å². The van der Waals surface area contributed by atoms with Gasteiger partial charge in [-0.15, -0.1) is 0 Å². The third-order valence-electron chi connectivity index (χ3n) is 4.03. The van der Waals surface area contributed by atoms with Crippen LogP contribution in [0, 0.1) is 4.77 Å². The minimum absolute atomic E-state index is 0.142. The van der Waals surface area contributed by atoms with Gasteiger partial charge >= 0.3 is 0 Å². The van der Waals surface area contributed by atoms with E-state index >= 15 is 0 Å². The smallest absolute Gasteiger partial charge is 0.251 e. The van der Waals surface area contributed by atoms with Gasteiger partial charge in [0.2, 0.25) is 0 Å². The van der Waals surface area contributed by atoms with Gasteiger partial charge in [0.1, 0.15) is 5.75 Å². The van der Waals surface area contributed by atoms with E-state index in [1.807, 2.05) is 23.6 Å². The summed E-state index contributed by atoms with van der Waals surface area (Å²) in [5.74, 6) is 1.39. The summed E-state index contributed by atoms with van der Waals surface area (Å²) in [6.07, 6.45) is 3.82. The number of hydrogen-bond acceptors (Lipinski definition) is 4. The third-order valence-corrected chi connectivity index (χ3v) is 4.34. The molecule has 0 atom stereocenters. The van der Waals surface area contributed by atoms with Gasteiger partial charge < -0.3 is 14.6 Å². The number of ether oxygens (including phenoxy) is 1. The number of hydrogen-bond donors (Lipinski definition) is 2. The largest absolute Gasteiger partial charge is 0.490 e. The van der Waals surface area contributed by atoms with Crippen LogP contribution >= 0.6 is 12.2 Å². The molecule has 0 bridgehead atoms. The van der Waals surface area contributed by atoms with Crippen LogP contribution in [0.3, 0.4) is 0 Å². The average molecular weight is 332 g/mol. The van der Waals surface area contributed by atoms with Crippen LogP contribution in [0.1, 0.15) is 42.4 Å². The molecule has 1 aliphatic carbocycles. The maximum atomic E-state index is 12.2. The zero-order valence-corrected chi connectivity index (χ0v) is 13.9. The van der Waals surface area contributed by atoms with E-state index in [9.17, 15) is 4.79 Å². The summed E-state index contributed by atoms with van der Waals surface area (Å²) < 4.78 is 8.20. The van der Waals surface area contributed by atoms with Crippen LogP contribution in [0.25, 0.3) is 0 Å². The van der Waals surface area contributed by atoms with E-state index in [1.165, 1.54) is 6.42 Å². The van der Waals surface area contributed by atoms with Crippen molar-refractivity contribution in [1.82, 2.24) is 20.1 Å². The Morgan fingerprint density at radius 1 is 1.43 bits per heavy atom. The molecule has 1 aromatic heterocycles. The molecule has 0 unspecified atom stereocenters. The zero-order chi connectivity index (χ0) is 16.2. The fraction of sp³-hybridized carbons (Fsp3) is 0.438. The molecule has 1 saturated carbocycles. The highest BCUT2D eigenvalue weighted by Gasteiger charge is 2.19. The van der Waals surface area contributed by atoms with E-state index in [-0.39, 0.29) is 5.91 Å². The van der Waals surface area contributed by atoms with Gasteiger partial charge in [0.25, 0.3) is 5.91 Å². The van der Waals surface area contributed by atoms with Crippen LogP contribution in [0.2, 0.25) is 0 Å². The van der Waals surface area contributed by atoms with Crippen molar-refractivity contribution in [2.75, 3.05) is 0 Å². The standard InChI is InChI=1S/C16H20N4O2S/c1-2-20-14(18-19-16(20)23)10-17-15(21)11-6-8-13(9-7-11)22-12-4-3-5-12/h6-9,12H,2-5,10H2,1H3,(H,17,21)(H,19,23). The highest BCUT2D eigenvalue weighted by molar-refractivity contribution is 7.71. The molecular formula is C16H20N4O2S. The number of benzene rings is 1. The number of aromatic amines is 1. The molecule has 0 spiro atoms. The molecule has 3 rings (SSSR count). The Morgan fingerprint density at radius 2 is 2.17 bits per heavy atom. The molecule has 6 nitrogen and oxygen atoms in total. The Hall–Kier alpha value is -2.15. The van der Waals surface area contributed by atoms with Gasteiger partial charge in [-0.05, 0) is 62.7 Å². The second-order valence-electron chi connectivity index (χ2n) is 5.57. The van der Waals surface area contributed by atoms with Crippen LogP contribution < -0.4 is 10.1 Å². The second-order valence-corrected chi connectivity index (χ2v) is 5.95. The van der Waals surface area contributed by atoms with Gasteiger partial charge in [-0.3, -0.25) is 9.89 Å². The lowest BCUT2D eigenvalue weighted by molar-refractivity contribution is 0.0949. The van der Waals surface area contributed by atoms with Crippen molar-refractivity contribution in [2.45, 2.75) is 45.4 Å². The zero-order valence-electron chi connectivity index (χ0n) is 13.0. The minimum atomic E-state index is -0.142. The summed E-state index contributed by atoms with van der Waals surface area (Å²) in [5.41, 5.74) is 0.600. The summed E-state index contributed by atoms with van der Waals surface area (Å²) in [4.78, 5) is 12.2. The van der Waals surface area contributed by atoms with Crippen molar-refractivity contribution in [3.05, 3.63) is 40.4 Å². The van der Waals surface area contributed by atoms with E-state index in [2.05, 4.69) is 15.5 Å². The van der Waals surface area contributed by atoms with Crippen molar-refractivity contribution < 1.29 is 9.53 Å². The van der Waals surface area contributed by atoms with Crippen LogP contribution in [0.5, 0.6) is 5.75 Å². The lowest BCUT2D eigenvalue weighted by atomic mass is 9.96. The first kappa shape index (κ1) is 15.7. The summed E-state index contributed by atoms with van der Waals surface area (Å²) in [6, 6.07) is 7.24. The number of carbonyl (C=O) groups excluding carboxylic acids is 1. The normalized spacial score (nSPS) is 14.3. The Kier molecular flexibility index (Phi) is 4.76. The van der Waals surface area contributed by atoms with Crippen molar-refractivity contribution in [3.8, 4) is 5.75 Å². The van der Waals surface area contributed by atoms with Crippen molar-refractivity contribution in [1.29, 1.82) is 0 Å². The Balaban J connectivity index is 1.58. The molecule has 0 saturated heterocycles. The third kappa shape index (κ3) is 3.61. The SMILES string of the molecule is CCn1c(CNC(=O)c2ccc(OC3CCC3)cc2)n[nH]c1=S. The number of H-pyrrole nitrogens is 1. The number of rotatable bonds is 6. The molecule has 1 fully saturated rings. The van der Waals surface area contributed by atoms with Gasteiger partial charge in [0.05, 0.1) is 12.6 Å². The molecular weight excluding hydrogens is 312 g/mol. The summed E-state index contributed by atoms with van der Waals surface area (Å²) in [7, 11) is 0. The first-order valence-corrected chi connectivity index (χ1v) is 8.27. The molecule has 1 heterocycles. The van der Waals surface area contributed by atoms with Gasteiger partial charge in [0.15, 0.2) is 10.6 Å². The number of nitrogens with zero attached hydrogens (tertiary/aromatic N) is 2. The molecule has 7 heteroatoms. The maximum absolute atomic E-state index is 12.2. The summed E-state index contributed by atoms with van der Waals surface area (Å²) in [6.45, 7) is 3.03. The highest BCUT2D eigenvalue weighted by Crippen LogP contribution is 2.25. The molecule has 122 valence electrons. The second kappa shape index (κ2) is 6.95. The molecule has 1 amide bonds. The number of amides is 1. The van der Waals surface area contributed by atoms with Crippen molar-refractivity contribution in [2.24, 2.45) is 0 Å². The molecule has 2 N–H and O–H groups in total. The molecule has 0 aliphatic heterocycles. The molecule has 0 radical (unpaired) electrons. The molecule has 1 aromatic carbocycles. The fourth-order valence-electron chi connectivity index (χ4n) is 2.44. The number of carbonyl (C=O) groups is 1. The summed E-state index contributed by atoms with van der Waals surface area (Å²) in [5, 5.41) is 9.72. The number of nitrogens with one attached hydrogen (secondary N) is 2. The van der Waals surface area contributed by atoms with E-state index in [0.717, 1.165) is 24.4 Å². The quantitative estimate of drug-likeness (QED) is 0.798. The highest BCUT2D eigenvalue weighted by atomic mass is 32.1. The first-order chi connectivity index (χ1) is 11.2. The Morgan fingerprint density at radius 3 is 2.78 bits per heavy atom. The number of aromatic nitrogens is 3. The molecule has 1 aliphatic rings. The Bertz CT molecular complexity index is 731. The molecule has 2 aromatic rings. The lowest BCUT2D eigenvalue weighted by Crippen LogP contribution is -2.25. The average Bonchev–Trinajstić information content (AvgIpc) is 2.89. The van der Waals surface area contributed by atoms with Gasteiger partial charge in [-0.2, -0.15) is 5.10 Å². The van der Waals surface area contributed by atoms with Crippen molar-refractivity contribution in [3.63, 3.8) is 0 Å².